The molecule has 7 heteroatoms. The molecule has 2 aromatic rings. The van der Waals surface area contributed by atoms with E-state index in [0.717, 1.165) is 10.5 Å². The van der Waals surface area contributed by atoms with Crippen molar-refractivity contribution >= 4 is 29.3 Å². The van der Waals surface area contributed by atoms with Crippen molar-refractivity contribution < 1.29 is 24.2 Å². The van der Waals surface area contributed by atoms with E-state index in [4.69, 9.17) is 9.84 Å². The molecule has 0 radical (unpaired) electrons. The van der Waals surface area contributed by atoms with Gasteiger partial charge in [0, 0.05) is 0 Å². The highest BCUT2D eigenvalue weighted by Crippen LogP contribution is 2.31. The van der Waals surface area contributed by atoms with Crippen molar-refractivity contribution in [2.45, 2.75) is 6.61 Å². The van der Waals surface area contributed by atoms with Crippen LogP contribution < -0.4 is 10.2 Å². The first kappa shape index (κ1) is 15.5. The number of carbonyl (C=O) groups excluding carboxylic acids is 2. The van der Waals surface area contributed by atoms with E-state index in [-0.39, 0.29) is 24.6 Å². The molecule has 3 rings (SSSR count). The molecule has 24 heavy (non-hydrogen) atoms. The van der Waals surface area contributed by atoms with Crippen molar-refractivity contribution in [2.75, 3.05) is 16.8 Å². The third-order valence-corrected chi connectivity index (χ3v) is 3.54. The maximum atomic E-state index is 12.3. The van der Waals surface area contributed by atoms with Gasteiger partial charge in [0.05, 0.1) is 16.9 Å². The first-order chi connectivity index (χ1) is 11.5. The SMILES string of the molecule is O=C1CN(C(=O)OCc2ccccc2)c2cc(C(=O)O)ccc2N1. The Morgan fingerprint density at radius 2 is 1.92 bits per heavy atom. The van der Waals surface area contributed by atoms with Gasteiger partial charge >= 0.3 is 12.1 Å². The second-order valence-corrected chi connectivity index (χ2v) is 5.21. The number of carbonyl (C=O) groups is 3. The maximum absolute atomic E-state index is 12.3. The van der Waals surface area contributed by atoms with Gasteiger partial charge in [-0.25, -0.2) is 9.59 Å². The molecule has 0 saturated carbocycles. The molecule has 0 spiro atoms. The molecule has 1 heterocycles. The molecule has 0 aromatic heterocycles. The first-order valence-corrected chi connectivity index (χ1v) is 7.20. The minimum absolute atomic E-state index is 0.0192. The van der Waals surface area contributed by atoms with Crippen LogP contribution in [0.4, 0.5) is 16.2 Å². The van der Waals surface area contributed by atoms with E-state index in [1.165, 1.54) is 18.2 Å². The van der Waals surface area contributed by atoms with Crippen LogP contribution in [0.1, 0.15) is 15.9 Å². The molecule has 1 aliphatic rings. The summed E-state index contributed by atoms with van der Waals surface area (Å²) in [4.78, 5) is 36.3. The fourth-order valence-corrected chi connectivity index (χ4v) is 2.37. The highest BCUT2D eigenvalue weighted by molar-refractivity contribution is 6.09. The lowest BCUT2D eigenvalue weighted by Crippen LogP contribution is -2.42. The first-order valence-electron chi connectivity index (χ1n) is 7.20. The zero-order valence-electron chi connectivity index (χ0n) is 12.6. The molecule has 0 unspecified atom stereocenters. The summed E-state index contributed by atoms with van der Waals surface area (Å²) >= 11 is 0. The molecule has 2 amide bonds. The largest absolute Gasteiger partial charge is 0.478 e. The topological polar surface area (TPSA) is 95.9 Å². The average Bonchev–Trinajstić information content (AvgIpc) is 2.59. The van der Waals surface area contributed by atoms with Gasteiger partial charge in [0.1, 0.15) is 13.2 Å². The number of hydrogen-bond donors (Lipinski definition) is 2. The highest BCUT2D eigenvalue weighted by atomic mass is 16.6. The predicted molar refractivity (Wildman–Crippen MR) is 86.0 cm³/mol. The summed E-state index contributed by atoms with van der Waals surface area (Å²) in [5, 5.41) is 11.7. The van der Waals surface area contributed by atoms with Crippen molar-refractivity contribution in [1.29, 1.82) is 0 Å². The minimum atomic E-state index is -1.12. The number of nitrogens with one attached hydrogen (secondary N) is 1. The minimum Gasteiger partial charge on any atom is -0.478 e. The molecule has 1 aliphatic heterocycles. The third-order valence-electron chi connectivity index (χ3n) is 3.54. The molecule has 0 fully saturated rings. The fourth-order valence-electron chi connectivity index (χ4n) is 2.37. The number of amides is 2. The highest BCUT2D eigenvalue weighted by Gasteiger charge is 2.29. The van der Waals surface area contributed by atoms with Crippen molar-refractivity contribution in [3.05, 3.63) is 59.7 Å². The second-order valence-electron chi connectivity index (χ2n) is 5.21. The Morgan fingerprint density at radius 3 is 2.62 bits per heavy atom. The lowest BCUT2D eigenvalue weighted by atomic mass is 10.1. The lowest BCUT2D eigenvalue weighted by Gasteiger charge is -2.28. The number of ether oxygens (including phenoxy) is 1. The van der Waals surface area contributed by atoms with Crippen molar-refractivity contribution in [3.8, 4) is 0 Å². The van der Waals surface area contributed by atoms with Crippen molar-refractivity contribution in [2.24, 2.45) is 0 Å². The van der Waals surface area contributed by atoms with Gasteiger partial charge in [0.2, 0.25) is 5.91 Å². The van der Waals surface area contributed by atoms with Gasteiger partial charge in [-0.15, -0.1) is 0 Å². The number of carboxylic acid groups (broad SMARTS) is 1. The molecule has 0 bridgehead atoms. The Hall–Kier alpha value is -3.35. The number of nitrogens with zero attached hydrogens (tertiary/aromatic N) is 1. The van der Waals surface area contributed by atoms with E-state index in [0.29, 0.717) is 11.4 Å². The Morgan fingerprint density at radius 1 is 1.17 bits per heavy atom. The predicted octanol–water partition coefficient (Wildman–Crippen LogP) is 2.48. The van der Waals surface area contributed by atoms with Gasteiger partial charge in [-0.05, 0) is 23.8 Å². The smallest absolute Gasteiger partial charge is 0.415 e. The van der Waals surface area contributed by atoms with Gasteiger partial charge in [0.25, 0.3) is 0 Å². The monoisotopic (exact) mass is 326 g/mol. The van der Waals surface area contributed by atoms with Crippen LogP contribution in [-0.4, -0.2) is 29.6 Å². The number of fused-ring (bicyclic) bond motifs is 1. The van der Waals surface area contributed by atoms with Gasteiger partial charge < -0.3 is 15.2 Å². The summed E-state index contributed by atoms with van der Waals surface area (Å²) in [7, 11) is 0. The summed E-state index contributed by atoms with van der Waals surface area (Å²) in [6.45, 7) is -0.171. The Balaban J connectivity index is 1.82. The summed E-state index contributed by atoms with van der Waals surface area (Å²) in [6, 6.07) is 13.3. The molecule has 7 nitrogen and oxygen atoms in total. The molecule has 0 aliphatic carbocycles. The Bertz CT molecular complexity index is 804. The van der Waals surface area contributed by atoms with Crippen LogP contribution in [0.25, 0.3) is 0 Å². The number of anilines is 2. The van der Waals surface area contributed by atoms with E-state index in [1.54, 1.807) is 0 Å². The summed E-state index contributed by atoms with van der Waals surface area (Å²) in [5.41, 5.74) is 1.50. The second kappa shape index (κ2) is 6.41. The zero-order valence-corrected chi connectivity index (χ0v) is 12.6. The quantitative estimate of drug-likeness (QED) is 0.903. The third kappa shape index (κ3) is 3.19. The van der Waals surface area contributed by atoms with Gasteiger partial charge in [-0.3, -0.25) is 9.69 Å². The number of hydrogen-bond acceptors (Lipinski definition) is 4. The van der Waals surface area contributed by atoms with E-state index in [1.807, 2.05) is 30.3 Å². The Labute approximate surface area is 137 Å². The number of aromatic carboxylic acids is 1. The molecule has 122 valence electrons. The van der Waals surface area contributed by atoms with E-state index < -0.39 is 12.1 Å². The van der Waals surface area contributed by atoms with Crippen molar-refractivity contribution in [1.82, 2.24) is 0 Å². The molecular formula is C17H14N2O5. The number of carboxylic acids is 1. The fraction of sp³-hybridized carbons (Fsp3) is 0.118. The summed E-state index contributed by atoms with van der Waals surface area (Å²) in [5.74, 6) is -1.49. The van der Waals surface area contributed by atoms with Crippen LogP contribution >= 0.6 is 0 Å². The summed E-state index contributed by atoms with van der Waals surface area (Å²) in [6.07, 6.45) is -0.711. The van der Waals surface area contributed by atoms with Gasteiger partial charge in [0.15, 0.2) is 0 Å². The van der Waals surface area contributed by atoms with Crippen LogP contribution in [0.5, 0.6) is 0 Å². The molecule has 0 saturated heterocycles. The van der Waals surface area contributed by atoms with Crippen LogP contribution in [0.3, 0.4) is 0 Å². The van der Waals surface area contributed by atoms with Gasteiger partial charge in [-0.1, -0.05) is 30.3 Å². The van der Waals surface area contributed by atoms with E-state index in [2.05, 4.69) is 5.32 Å². The van der Waals surface area contributed by atoms with Crippen LogP contribution in [-0.2, 0) is 16.1 Å². The lowest BCUT2D eigenvalue weighted by molar-refractivity contribution is -0.115. The zero-order chi connectivity index (χ0) is 17.1. The van der Waals surface area contributed by atoms with Crippen LogP contribution in [0, 0.1) is 0 Å². The molecular weight excluding hydrogens is 312 g/mol. The standard InChI is InChI=1S/C17H14N2O5/c20-15-9-19(17(23)24-10-11-4-2-1-3-5-11)14-8-12(16(21)22)6-7-13(14)18-15/h1-8H,9-10H2,(H,18,20)(H,21,22). The van der Waals surface area contributed by atoms with Crippen LogP contribution in [0.2, 0.25) is 0 Å². The average molecular weight is 326 g/mol. The van der Waals surface area contributed by atoms with E-state index in [9.17, 15) is 14.4 Å². The van der Waals surface area contributed by atoms with Gasteiger partial charge in [-0.2, -0.15) is 0 Å². The number of rotatable bonds is 3. The van der Waals surface area contributed by atoms with E-state index >= 15 is 0 Å². The maximum Gasteiger partial charge on any atom is 0.415 e. The molecule has 2 N–H and O–H groups in total. The molecule has 0 atom stereocenters. The van der Waals surface area contributed by atoms with Crippen molar-refractivity contribution in [3.63, 3.8) is 0 Å². The van der Waals surface area contributed by atoms with Crippen LogP contribution in [0.15, 0.2) is 48.5 Å². The summed E-state index contributed by atoms with van der Waals surface area (Å²) < 4.78 is 5.23. The Kier molecular flexibility index (Phi) is 4.15. The number of benzene rings is 2. The molecule has 2 aromatic carbocycles. The normalized spacial score (nSPS) is 13.0.